The highest BCUT2D eigenvalue weighted by Gasteiger charge is 2.06. The highest BCUT2D eigenvalue weighted by Crippen LogP contribution is 2.11. The minimum absolute atomic E-state index is 0.373. The van der Waals surface area contributed by atoms with Crippen LogP contribution in [0.15, 0.2) is 6.20 Å². The molecule has 66 valence electrons. The minimum atomic E-state index is 0.373. The third kappa shape index (κ3) is 1.55. The Morgan fingerprint density at radius 3 is 2.83 bits per heavy atom. The van der Waals surface area contributed by atoms with E-state index >= 15 is 0 Å². The van der Waals surface area contributed by atoms with Crippen molar-refractivity contribution in [3.05, 3.63) is 17.5 Å². The predicted octanol–water partition coefficient (Wildman–Crippen LogP) is 1.98. The first-order valence-corrected chi connectivity index (χ1v) is 4.20. The van der Waals surface area contributed by atoms with E-state index in [4.69, 9.17) is 0 Å². The third-order valence-corrected chi connectivity index (χ3v) is 2.12. The molecule has 1 atom stereocenters. The molecule has 0 saturated carbocycles. The van der Waals surface area contributed by atoms with Gasteiger partial charge in [-0.2, -0.15) is 5.10 Å². The highest BCUT2D eigenvalue weighted by atomic mass is 16.1. The number of aryl methyl sites for hydroxylation is 1. The van der Waals surface area contributed by atoms with Crippen molar-refractivity contribution in [2.75, 3.05) is 0 Å². The standard InChI is InChI=1S/C9H14N2O/c1-4-7(2)11-5-9(6-12)8(3)10-11/h5-7H,4H2,1-3H3/t7-/m1/s1. The SMILES string of the molecule is CC[C@@H](C)n1cc(C=O)c(C)n1. The van der Waals surface area contributed by atoms with Crippen LogP contribution in [-0.4, -0.2) is 16.1 Å². The van der Waals surface area contributed by atoms with Gasteiger partial charge in [0.05, 0.1) is 11.3 Å². The van der Waals surface area contributed by atoms with Crippen LogP contribution in [0.25, 0.3) is 0 Å². The molecule has 0 amide bonds. The van der Waals surface area contributed by atoms with Gasteiger partial charge in [0, 0.05) is 12.2 Å². The van der Waals surface area contributed by atoms with Gasteiger partial charge in [-0.25, -0.2) is 0 Å². The van der Waals surface area contributed by atoms with Gasteiger partial charge in [0.1, 0.15) is 0 Å². The first-order valence-electron chi connectivity index (χ1n) is 4.20. The van der Waals surface area contributed by atoms with Crippen LogP contribution in [0, 0.1) is 6.92 Å². The molecule has 12 heavy (non-hydrogen) atoms. The number of carbonyl (C=O) groups is 1. The Balaban J connectivity index is 2.96. The van der Waals surface area contributed by atoms with Crippen LogP contribution in [0.5, 0.6) is 0 Å². The molecule has 1 rings (SSSR count). The van der Waals surface area contributed by atoms with Gasteiger partial charge in [0.15, 0.2) is 6.29 Å². The molecule has 0 N–H and O–H groups in total. The number of carbonyl (C=O) groups excluding carboxylic acids is 1. The summed E-state index contributed by atoms with van der Waals surface area (Å²) in [6, 6.07) is 0.373. The first kappa shape index (κ1) is 8.97. The van der Waals surface area contributed by atoms with Crippen molar-refractivity contribution in [1.29, 1.82) is 0 Å². The van der Waals surface area contributed by atoms with E-state index in [9.17, 15) is 4.79 Å². The molecule has 3 nitrogen and oxygen atoms in total. The lowest BCUT2D eigenvalue weighted by molar-refractivity contribution is 0.112. The van der Waals surface area contributed by atoms with Crippen LogP contribution in [0.2, 0.25) is 0 Å². The van der Waals surface area contributed by atoms with Crippen molar-refractivity contribution < 1.29 is 4.79 Å². The van der Waals surface area contributed by atoms with Crippen LogP contribution in [-0.2, 0) is 0 Å². The third-order valence-electron chi connectivity index (χ3n) is 2.12. The maximum atomic E-state index is 10.5. The van der Waals surface area contributed by atoms with Gasteiger partial charge < -0.3 is 0 Å². The summed E-state index contributed by atoms with van der Waals surface area (Å²) in [5, 5.41) is 4.24. The van der Waals surface area contributed by atoms with Crippen LogP contribution in [0.4, 0.5) is 0 Å². The van der Waals surface area contributed by atoms with Crippen LogP contribution in [0.1, 0.15) is 42.4 Å². The van der Waals surface area contributed by atoms with Gasteiger partial charge in [-0.3, -0.25) is 9.48 Å². The molecule has 0 aliphatic rings. The Hall–Kier alpha value is -1.12. The lowest BCUT2D eigenvalue weighted by atomic mass is 10.2. The molecule has 0 bridgehead atoms. The van der Waals surface area contributed by atoms with E-state index in [1.165, 1.54) is 0 Å². The molecule has 0 aliphatic carbocycles. The van der Waals surface area contributed by atoms with Gasteiger partial charge in [0.2, 0.25) is 0 Å². The van der Waals surface area contributed by atoms with Gasteiger partial charge in [-0.05, 0) is 20.3 Å². The van der Waals surface area contributed by atoms with Gasteiger partial charge >= 0.3 is 0 Å². The number of aromatic nitrogens is 2. The summed E-state index contributed by atoms with van der Waals surface area (Å²) in [5.74, 6) is 0. The average Bonchev–Trinajstić information content (AvgIpc) is 2.45. The number of hydrogen-bond acceptors (Lipinski definition) is 2. The Labute approximate surface area is 72.4 Å². The summed E-state index contributed by atoms with van der Waals surface area (Å²) < 4.78 is 1.85. The zero-order valence-corrected chi connectivity index (χ0v) is 7.74. The monoisotopic (exact) mass is 166 g/mol. The van der Waals surface area contributed by atoms with Crippen molar-refractivity contribution in [1.82, 2.24) is 9.78 Å². The maximum absolute atomic E-state index is 10.5. The molecule has 0 unspecified atom stereocenters. The lowest BCUT2D eigenvalue weighted by Crippen LogP contribution is -2.03. The number of aldehydes is 1. The Kier molecular flexibility index (Phi) is 2.63. The Bertz CT molecular complexity index is 278. The predicted molar refractivity (Wildman–Crippen MR) is 47.4 cm³/mol. The topological polar surface area (TPSA) is 34.9 Å². The van der Waals surface area contributed by atoms with E-state index in [2.05, 4.69) is 18.9 Å². The van der Waals surface area contributed by atoms with E-state index in [0.29, 0.717) is 11.6 Å². The summed E-state index contributed by atoms with van der Waals surface area (Å²) in [4.78, 5) is 10.5. The molecule has 0 fully saturated rings. The molecule has 0 spiro atoms. The molecular weight excluding hydrogens is 152 g/mol. The van der Waals surface area contributed by atoms with Crippen molar-refractivity contribution in [3.8, 4) is 0 Å². The number of hydrogen-bond donors (Lipinski definition) is 0. The van der Waals surface area contributed by atoms with E-state index in [-0.39, 0.29) is 0 Å². The normalized spacial score (nSPS) is 12.9. The van der Waals surface area contributed by atoms with E-state index in [1.807, 2.05) is 11.6 Å². The van der Waals surface area contributed by atoms with E-state index in [0.717, 1.165) is 18.4 Å². The average molecular weight is 166 g/mol. The second-order valence-electron chi connectivity index (χ2n) is 3.02. The Morgan fingerprint density at radius 1 is 1.75 bits per heavy atom. The Morgan fingerprint density at radius 2 is 2.42 bits per heavy atom. The fourth-order valence-electron chi connectivity index (χ4n) is 1.02. The fourth-order valence-corrected chi connectivity index (χ4v) is 1.02. The highest BCUT2D eigenvalue weighted by molar-refractivity contribution is 5.75. The van der Waals surface area contributed by atoms with Gasteiger partial charge in [-0.1, -0.05) is 6.92 Å². The summed E-state index contributed by atoms with van der Waals surface area (Å²) in [7, 11) is 0. The van der Waals surface area contributed by atoms with E-state index < -0.39 is 0 Å². The van der Waals surface area contributed by atoms with E-state index in [1.54, 1.807) is 6.20 Å². The minimum Gasteiger partial charge on any atom is -0.298 e. The molecule has 0 radical (unpaired) electrons. The molecular formula is C9H14N2O. The number of nitrogens with zero attached hydrogens (tertiary/aromatic N) is 2. The van der Waals surface area contributed by atoms with Gasteiger partial charge in [-0.15, -0.1) is 0 Å². The van der Waals surface area contributed by atoms with Crippen molar-refractivity contribution in [2.24, 2.45) is 0 Å². The first-order chi connectivity index (χ1) is 5.69. The van der Waals surface area contributed by atoms with Crippen molar-refractivity contribution >= 4 is 6.29 Å². The van der Waals surface area contributed by atoms with Gasteiger partial charge in [0.25, 0.3) is 0 Å². The molecule has 0 aromatic carbocycles. The van der Waals surface area contributed by atoms with Crippen molar-refractivity contribution in [2.45, 2.75) is 33.2 Å². The largest absolute Gasteiger partial charge is 0.298 e. The zero-order chi connectivity index (χ0) is 9.14. The fraction of sp³-hybridized carbons (Fsp3) is 0.556. The zero-order valence-electron chi connectivity index (χ0n) is 7.74. The second-order valence-corrected chi connectivity index (χ2v) is 3.02. The molecule has 1 aromatic rings. The summed E-state index contributed by atoms with van der Waals surface area (Å²) in [6.45, 7) is 6.03. The lowest BCUT2D eigenvalue weighted by Gasteiger charge is -2.07. The quantitative estimate of drug-likeness (QED) is 0.643. The maximum Gasteiger partial charge on any atom is 0.153 e. The molecule has 1 aromatic heterocycles. The van der Waals surface area contributed by atoms with Crippen molar-refractivity contribution in [3.63, 3.8) is 0 Å². The molecule has 0 saturated heterocycles. The second kappa shape index (κ2) is 3.52. The van der Waals surface area contributed by atoms with Crippen LogP contribution in [0.3, 0.4) is 0 Å². The summed E-state index contributed by atoms with van der Waals surface area (Å²) >= 11 is 0. The summed E-state index contributed by atoms with van der Waals surface area (Å²) in [6.07, 6.45) is 3.68. The smallest absolute Gasteiger partial charge is 0.153 e. The molecule has 3 heteroatoms. The molecule has 0 aliphatic heterocycles. The number of rotatable bonds is 3. The molecule has 1 heterocycles. The van der Waals surface area contributed by atoms with Crippen LogP contribution < -0.4 is 0 Å². The summed E-state index contributed by atoms with van der Waals surface area (Å²) in [5.41, 5.74) is 1.50. The van der Waals surface area contributed by atoms with Crippen LogP contribution >= 0.6 is 0 Å².